The maximum atomic E-state index is 12.9. The second kappa shape index (κ2) is 8.41. The van der Waals surface area contributed by atoms with Crippen LogP contribution >= 0.6 is 11.3 Å². The molecule has 1 aliphatic rings. The van der Waals surface area contributed by atoms with Gasteiger partial charge in [0.2, 0.25) is 0 Å². The van der Waals surface area contributed by atoms with E-state index in [0.717, 1.165) is 30.8 Å². The number of carbonyl (C=O) groups excluding carboxylic acids is 1. The number of benzene rings is 2. The van der Waals surface area contributed by atoms with Gasteiger partial charge in [0.05, 0.1) is 16.3 Å². The average molecular weight is 457 g/mol. The Balaban J connectivity index is 1.47. The molecule has 0 radical (unpaired) electrons. The van der Waals surface area contributed by atoms with E-state index in [1.54, 1.807) is 48.5 Å². The Kier molecular flexibility index (Phi) is 5.83. The van der Waals surface area contributed by atoms with Crippen LogP contribution in [-0.4, -0.2) is 44.8 Å². The molecule has 0 saturated carbocycles. The first kappa shape index (κ1) is 21.5. The van der Waals surface area contributed by atoms with Crippen LogP contribution in [0.3, 0.4) is 0 Å². The van der Waals surface area contributed by atoms with Gasteiger partial charge in [-0.1, -0.05) is 17.7 Å². The van der Waals surface area contributed by atoms with E-state index < -0.39 is 10.0 Å². The molecule has 1 amide bonds. The zero-order valence-corrected chi connectivity index (χ0v) is 19.3. The fourth-order valence-electron chi connectivity index (χ4n) is 3.38. The number of carbonyl (C=O) groups is 1. The minimum atomic E-state index is -3.68. The van der Waals surface area contributed by atoms with E-state index in [0.29, 0.717) is 16.4 Å². The van der Waals surface area contributed by atoms with E-state index in [9.17, 15) is 13.2 Å². The number of aryl methyl sites for hydroxylation is 1. The van der Waals surface area contributed by atoms with Crippen LogP contribution in [0.2, 0.25) is 0 Å². The summed E-state index contributed by atoms with van der Waals surface area (Å²) in [5, 5.41) is 3.45. The predicted octanol–water partition coefficient (Wildman–Crippen LogP) is 3.52. The number of anilines is 2. The monoisotopic (exact) mass is 456 g/mol. The van der Waals surface area contributed by atoms with Crippen LogP contribution < -0.4 is 9.62 Å². The van der Waals surface area contributed by atoms with Crippen molar-refractivity contribution in [1.82, 2.24) is 9.88 Å². The molecule has 162 valence electrons. The third kappa shape index (κ3) is 4.48. The van der Waals surface area contributed by atoms with E-state index in [-0.39, 0.29) is 10.8 Å². The Morgan fingerprint density at radius 2 is 1.81 bits per heavy atom. The number of amides is 1. The summed E-state index contributed by atoms with van der Waals surface area (Å²) in [6, 6.07) is 13.2. The normalized spacial score (nSPS) is 14.2. The van der Waals surface area contributed by atoms with E-state index in [1.807, 2.05) is 6.92 Å². The number of hydrogen-bond acceptors (Lipinski definition) is 6. The number of likely N-dealkylation sites (N-methyl/N-ethyl adjacent to an activating group) is 1. The number of thiazole rings is 1. The third-order valence-corrected chi connectivity index (χ3v) is 8.11. The SMILES string of the molecule is Cc1ccc(S(=O)(=O)N(C)c2ccc(C(=O)Nc3nc4c(s3)CN(C)CC4)cc2)cc1. The largest absolute Gasteiger partial charge is 0.301 e. The number of aromatic nitrogens is 1. The van der Waals surface area contributed by atoms with Gasteiger partial charge in [-0.3, -0.25) is 14.4 Å². The lowest BCUT2D eigenvalue weighted by Crippen LogP contribution is -2.26. The molecule has 1 aromatic heterocycles. The van der Waals surface area contributed by atoms with Crippen molar-refractivity contribution in [1.29, 1.82) is 0 Å². The lowest BCUT2D eigenvalue weighted by molar-refractivity contribution is 0.102. The fraction of sp³-hybridized carbons (Fsp3) is 0.273. The van der Waals surface area contributed by atoms with Gasteiger partial charge in [-0.05, 0) is 50.4 Å². The molecule has 31 heavy (non-hydrogen) atoms. The number of sulfonamides is 1. The predicted molar refractivity (Wildman–Crippen MR) is 123 cm³/mol. The molecule has 3 aromatic rings. The van der Waals surface area contributed by atoms with Crippen LogP contribution in [0.4, 0.5) is 10.8 Å². The summed E-state index contributed by atoms with van der Waals surface area (Å²) in [6.07, 6.45) is 0.884. The molecule has 0 fully saturated rings. The summed E-state index contributed by atoms with van der Waals surface area (Å²) in [6.45, 7) is 3.72. The Bertz CT molecular complexity index is 1200. The summed E-state index contributed by atoms with van der Waals surface area (Å²) in [5.74, 6) is -0.268. The molecule has 1 N–H and O–H groups in total. The molecular weight excluding hydrogens is 432 g/mol. The Labute approximate surface area is 186 Å². The van der Waals surface area contributed by atoms with Crippen LogP contribution in [0.25, 0.3) is 0 Å². The van der Waals surface area contributed by atoms with Crippen LogP contribution in [0.15, 0.2) is 53.4 Å². The summed E-state index contributed by atoms with van der Waals surface area (Å²) in [7, 11) is -0.107. The van der Waals surface area contributed by atoms with Crippen molar-refractivity contribution >= 4 is 38.1 Å². The highest BCUT2D eigenvalue weighted by molar-refractivity contribution is 7.92. The van der Waals surface area contributed by atoms with Crippen molar-refractivity contribution in [2.24, 2.45) is 0 Å². The first-order valence-electron chi connectivity index (χ1n) is 9.88. The molecule has 2 aromatic carbocycles. The molecule has 0 unspecified atom stereocenters. The maximum absolute atomic E-state index is 12.9. The van der Waals surface area contributed by atoms with E-state index >= 15 is 0 Å². The van der Waals surface area contributed by atoms with Crippen LogP contribution in [-0.2, 0) is 23.0 Å². The van der Waals surface area contributed by atoms with Crippen molar-refractivity contribution < 1.29 is 13.2 Å². The second-order valence-electron chi connectivity index (χ2n) is 7.66. The molecule has 0 atom stereocenters. The number of hydrogen-bond donors (Lipinski definition) is 1. The van der Waals surface area contributed by atoms with Gasteiger partial charge in [0.25, 0.3) is 15.9 Å². The lowest BCUT2D eigenvalue weighted by Gasteiger charge is -2.20. The molecule has 0 aliphatic carbocycles. The van der Waals surface area contributed by atoms with Crippen molar-refractivity contribution in [3.8, 4) is 0 Å². The minimum Gasteiger partial charge on any atom is -0.301 e. The Morgan fingerprint density at radius 1 is 1.13 bits per heavy atom. The van der Waals surface area contributed by atoms with Gasteiger partial charge >= 0.3 is 0 Å². The third-order valence-electron chi connectivity index (χ3n) is 5.32. The van der Waals surface area contributed by atoms with Crippen LogP contribution in [0, 0.1) is 6.92 Å². The molecule has 0 bridgehead atoms. The van der Waals surface area contributed by atoms with Crippen molar-refractivity contribution in [2.75, 3.05) is 30.3 Å². The van der Waals surface area contributed by atoms with Gasteiger partial charge in [0.1, 0.15) is 0 Å². The second-order valence-corrected chi connectivity index (χ2v) is 10.7. The van der Waals surface area contributed by atoms with Gasteiger partial charge in [-0.15, -0.1) is 11.3 Å². The number of fused-ring (bicyclic) bond motifs is 1. The topological polar surface area (TPSA) is 82.6 Å². The molecule has 2 heterocycles. The van der Waals surface area contributed by atoms with E-state index in [2.05, 4.69) is 22.2 Å². The Hall–Kier alpha value is -2.75. The van der Waals surface area contributed by atoms with E-state index in [1.165, 1.54) is 27.6 Å². The van der Waals surface area contributed by atoms with Gasteiger partial charge < -0.3 is 4.90 Å². The maximum Gasteiger partial charge on any atom is 0.264 e. The zero-order chi connectivity index (χ0) is 22.2. The molecule has 0 saturated heterocycles. The van der Waals surface area contributed by atoms with Crippen LogP contribution in [0.5, 0.6) is 0 Å². The highest BCUT2D eigenvalue weighted by atomic mass is 32.2. The number of rotatable bonds is 5. The van der Waals surface area contributed by atoms with Crippen molar-refractivity contribution in [3.63, 3.8) is 0 Å². The average Bonchev–Trinajstić information content (AvgIpc) is 3.14. The number of nitrogens with zero attached hydrogens (tertiary/aromatic N) is 3. The first-order valence-corrected chi connectivity index (χ1v) is 12.1. The quantitative estimate of drug-likeness (QED) is 0.635. The van der Waals surface area contributed by atoms with Crippen LogP contribution in [0.1, 0.15) is 26.5 Å². The van der Waals surface area contributed by atoms with Crippen molar-refractivity contribution in [3.05, 3.63) is 70.2 Å². The fourth-order valence-corrected chi connectivity index (χ4v) is 5.65. The molecule has 7 nitrogen and oxygen atoms in total. The highest BCUT2D eigenvalue weighted by Gasteiger charge is 2.22. The summed E-state index contributed by atoms with van der Waals surface area (Å²) < 4.78 is 26.9. The summed E-state index contributed by atoms with van der Waals surface area (Å²) in [5.41, 5.74) is 2.96. The van der Waals surface area contributed by atoms with Gasteiger partial charge in [0.15, 0.2) is 5.13 Å². The Morgan fingerprint density at radius 3 is 2.48 bits per heavy atom. The summed E-state index contributed by atoms with van der Waals surface area (Å²) >= 11 is 1.50. The molecule has 1 aliphatic heterocycles. The standard InChI is InChI=1S/C22H24N4O3S2/c1-15-4-10-18(11-5-15)31(28,29)26(3)17-8-6-16(7-9-17)21(27)24-22-23-19-12-13-25(2)14-20(19)30-22/h4-11H,12-14H2,1-3H3,(H,23,24,27). The van der Waals surface area contributed by atoms with Crippen molar-refractivity contribution in [2.45, 2.75) is 24.8 Å². The number of nitrogens with one attached hydrogen (secondary N) is 1. The smallest absolute Gasteiger partial charge is 0.264 e. The first-order chi connectivity index (χ1) is 14.7. The lowest BCUT2D eigenvalue weighted by atomic mass is 10.2. The summed E-state index contributed by atoms with van der Waals surface area (Å²) in [4.78, 5) is 20.8. The van der Waals surface area contributed by atoms with E-state index in [4.69, 9.17) is 0 Å². The highest BCUT2D eigenvalue weighted by Crippen LogP contribution is 2.28. The molecular formula is C22H24N4O3S2. The molecule has 0 spiro atoms. The minimum absolute atomic E-state index is 0.223. The van der Waals surface area contributed by atoms with Gasteiger partial charge in [-0.2, -0.15) is 0 Å². The molecule has 4 rings (SSSR count). The zero-order valence-electron chi connectivity index (χ0n) is 17.6. The van der Waals surface area contributed by atoms with Gasteiger partial charge in [0, 0.05) is 37.0 Å². The van der Waals surface area contributed by atoms with Gasteiger partial charge in [-0.25, -0.2) is 13.4 Å². The molecule has 9 heteroatoms.